The summed E-state index contributed by atoms with van der Waals surface area (Å²) in [6.07, 6.45) is 9.07. The molecule has 11 atom stereocenters. The number of allylic oxidation sites excluding steroid dienone is 2. The zero-order valence-electron chi connectivity index (χ0n) is 33.0. The summed E-state index contributed by atoms with van der Waals surface area (Å²) in [5, 5.41) is 21.7. The SMILES string of the molecule is CCC(OC)C(C)C1OC1C(OC(=O)N1CCN(c2ncccn2)CC1)C(C)/C=C/C=C(\C)C1OC(=O)CC(O)CCC(C)(O)C(OC(C)=O)/C=C/C1C. The van der Waals surface area contributed by atoms with Crippen LogP contribution in [0.3, 0.4) is 0 Å². The van der Waals surface area contributed by atoms with Gasteiger partial charge in [0.25, 0.3) is 0 Å². The van der Waals surface area contributed by atoms with Gasteiger partial charge in [0.15, 0.2) is 0 Å². The largest absolute Gasteiger partial charge is 0.457 e. The van der Waals surface area contributed by atoms with Gasteiger partial charge >= 0.3 is 18.0 Å². The van der Waals surface area contributed by atoms with E-state index in [0.29, 0.717) is 32.1 Å². The van der Waals surface area contributed by atoms with Gasteiger partial charge in [-0.15, -0.1) is 0 Å². The molecule has 0 aliphatic carbocycles. The van der Waals surface area contributed by atoms with Crippen LogP contribution in [0, 0.1) is 17.8 Å². The van der Waals surface area contributed by atoms with E-state index < -0.39 is 48.0 Å². The monoisotopic (exact) mass is 756 g/mol. The molecule has 4 rings (SSSR count). The lowest BCUT2D eigenvalue weighted by Gasteiger charge is -2.35. The van der Waals surface area contributed by atoms with Crippen molar-refractivity contribution in [3.8, 4) is 0 Å². The molecule has 2 saturated heterocycles. The zero-order valence-corrected chi connectivity index (χ0v) is 33.0. The number of carbonyl (C=O) groups is 3. The number of carbonyl (C=O) groups excluding carboxylic acids is 3. The van der Waals surface area contributed by atoms with E-state index in [9.17, 15) is 24.6 Å². The molecule has 14 heteroatoms. The zero-order chi connectivity index (χ0) is 39.6. The summed E-state index contributed by atoms with van der Waals surface area (Å²) in [7, 11) is 1.69. The number of nitrogens with zero attached hydrogens (tertiary/aromatic N) is 4. The van der Waals surface area contributed by atoms with Gasteiger partial charge in [-0.2, -0.15) is 0 Å². The number of aliphatic hydroxyl groups excluding tert-OH is 1. The highest BCUT2D eigenvalue weighted by atomic mass is 16.6. The first-order chi connectivity index (χ1) is 25.6. The van der Waals surface area contributed by atoms with Crippen LogP contribution in [-0.4, -0.2) is 125 Å². The number of anilines is 1. The van der Waals surface area contributed by atoms with E-state index in [1.165, 1.54) is 6.92 Å². The number of esters is 2. The van der Waals surface area contributed by atoms with Crippen molar-refractivity contribution in [1.29, 1.82) is 0 Å². The predicted molar refractivity (Wildman–Crippen MR) is 201 cm³/mol. The summed E-state index contributed by atoms with van der Waals surface area (Å²) in [4.78, 5) is 50.8. The van der Waals surface area contributed by atoms with Gasteiger partial charge in [-0.25, -0.2) is 14.8 Å². The van der Waals surface area contributed by atoms with Crippen LogP contribution in [0.1, 0.15) is 74.1 Å². The van der Waals surface area contributed by atoms with Crippen LogP contribution in [0.2, 0.25) is 0 Å². The molecule has 2 N–H and O–H groups in total. The molecule has 11 unspecified atom stereocenters. The van der Waals surface area contributed by atoms with Crippen molar-refractivity contribution in [2.45, 2.75) is 122 Å². The normalized spacial score (nSPS) is 31.3. The van der Waals surface area contributed by atoms with E-state index in [0.717, 1.165) is 12.0 Å². The molecule has 3 aliphatic rings. The van der Waals surface area contributed by atoms with E-state index in [2.05, 4.69) is 23.8 Å². The summed E-state index contributed by atoms with van der Waals surface area (Å²) in [5.41, 5.74) is -0.736. The molecule has 2 fully saturated rings. The third kappa shape index (κ3) is 11.8. The van der Waals surface area contributed by atoms with Crippen molar-refractivity contribution in [3.05, 3.63) is 54.4 Å². The van der Waals surface area contributed by atoms with Crippen molar-refractivity contribution >= 4 is 24.0 Å². The molecular weight excluding hydrogens is 696 g/mol. The summed E-state index contributed by atoms with van der Waals surface area (Å²) in [5.74, 6) is -1.02. The number of ether oxygens (including phenoxy) is 5. The number of aromatic nitrogens is 2. The second-order valence-electron chi connectivity index (χ2n) is 15.1. The molecule has 1 aromatic heterocycles. The fraction of sp³-hybridized carbons (Fsp3) is 0.675. The number of aliphatic hydroxyl groups is 2. The Bertz CT molecular complexity index is 1470. The minimum absolute atomic E-state index is 0.00213. The Morgan fingerprint density at radius 1 is 1.11 bits per heavy atom. The molecule has 14 nitrogen and oxygen atoms in total. The number of methoxy groups -OCH3 is 1. The molecule has 300 valence electrons. The molecular formula is C40H60N4O10. The van der Waals surface area contributed by atoms with Gasteiger partial charge < -0.3 is 43.7 Å². The summed E-state index contributed by atoms with van der Waals surface area (Å²) >= 11 is 0. The van der Waals surface area contributed by atoms with Crippen molar-refractivity contribution < 1.29 is 48.3 Å². The lowest BCUT2D eigenvalue weighted by atomic mass is 9.88. The average molecular weight is 757 g/mol. The maximum absolute atomic E-state index is 13.6. The molecule has 4 heterocycles. The van der Waals surface area contributed by atoms with E-state index in [1.807, 2.05) is 43.9 Å². The smallest absolute Gasteiger partial charge is 0.410 e. The first-order valence-electron chi connectivity index (χ1n) is 19.1. The number of amides is 1. The maximum atomic E-state index is 13.6. The van der Waals surface area contributed by atoms with E-state index in [1.54, 1.807) is 49.5 Å². The lowest BCUT2D eigenvalue weighted by Crippen LogP contribution is -2.50. The highest BCUT2D eigenvalue weighted by molar-refractivity contribution is 5.70. The average Bonchev–Trinajstić information content (AvgIpc) is 3.94. The number of cyclic esters (lactones) is 1. The highest BCUT2D eigenvalue weighted by Gasteiger charge is 2.53. The fourth-order valence-electron chi connectivity index (χ4n) is 7.21. The van der Waals surface area contributed by atoms with Crippen LogP contribution < -0.4 is 4.90 Å². The number of epoxide rings is 1. The first-order valence-corrected chi connectivity index (χ1v) is 19.1. The van der Waals surface area contributed by atoms with Gasteiger partial charge in [0.2, 0.25) is 5.95 Å². The number of hydrogen-bond donors (Lipinski definition) is 2. The number of piperazine rings is 1. The van der Waals surface area contributed by atoms with Crippen molar-refractivity contribution in [2.24, 2.45) is 17.8 Å². The number of hydrogen-bond acceptors (Lipinski definition) is 13. The second-order valence-corrected chi connectivity index (χ2v) is 15.1. The molecule has 0 saturated carbocycles. The molecule has 0 aromatic carbocycles. The fourth-order valence-corrected chi connectivity index (χ4v) is 7.21. The topological polar surface area (TPSA) is 173 Å². The Balaban J connectivity index is 1.51. The van der Waals surface area contributed by atoms with Crippen LogP contribution in [0.25, 0.3) is 0 Å². The second kappa shape index (κ2) is 19.7. The molecule has 1 aromatic rings. The maximum Gasteiger partial charge on any atom is 0.410 e. The van der Waals surface area contributed by atoms with Crippen molar-refractivity contribution in [2.75, 3.05) is 38.2 Å². The Hall–Kier alpha value is -3.85. The predicted octanol–water partition coefficient (Wildman–Crippen LogP) is 4.40. The molecule has 54 heavy (non-hydrogen) atoms. The molecule has 0 spiro atoms. The third-order valence-corrected chi connectivity index (χ3v) is 10.7. The summed E-state index contributed by atoms with van der Waals surface area (Å²) < 4.78 is 29.5. The first kappa shape index (κ1) is 42.9. The molecule has 0 bridgehead atoms. The van der Waals surface area contributed by atoms with Gasteiger partial charge in [0, 0.05) is 70.4 Å². The Labute approximate surface area is 319 Å². The van der Waals surface area contributed by atoms with Gasteiger partial charge in [-0.3, -0.25) is 9.59 Å². The highest BCUT2D eigenvalue weighted by Crippen LogP contribution is 2.39. The molecule has 3 aliphatic heterocycles. The van der Waals surface area contributed by atoms with Crippen LogP contribution in [0.5, 0.6) is 0 Å². The molecule has 1 amide bonds. The molecule has 0 radical (unpaired) electrons. The van der Waals surface area contributed by atoms with E-state index >= 15 is 0 Å². The van der Waals surface area contributed by atoms with E-state index in [4.69, 9.17) is 23.7 Å². The number of rotatable bonds is 12. The van der Waals surface area contributed by atoms with Crippen LogP contribution in [0.15, 0.2) is 54.4 Å². The third-order valence-electron chi connectivity index (χ3n) is 10.7. The lowest BCUT2D eigenvalue weighted by molar-refractivity contribution is -0.157. The van der Waals surface area contributed by atoms with Crippen LogP contribution >= 0.6 is 0 Å². The van der Waals surface area contributed by atoms with Crippen molar-refractivity contribution in [3.63, 3.8) is 0 Å². The van der Waals surface area contributed by atoms with E-state index in [-0.39, 0.29) is 55.3 Å². The Kier molecular flexibility index (Phi) is 15.6. The Morgan fingerprint density at radius 3 is 2.43 bits per heavy atom. The van der Waals surface area contributed by atoms with Gasteiger partial charge in [-0.05, 0) is 50.8 Å². The summed E-state index contributed by atoms with van der Waals surface area (Å²) in [6, 6.07) is 1.77. The van der Waals surface area contributed by atoms with Gasteiger partial charge in [0.1, 0.15) is 30.0 Å². The Morgan fingerprint density at radius 2 is 1.80 bits per heavy atom. The van der Waals surface area contributed by atoms with Gasteiger partial charge in [0.05, 0.1) is 24.7 Å². The minimum Gasteiger partial charge on any atom is -0.457 e. The quantitative estimate of drug-likeness (QED) is 0.101. The van der Waals surface area contributed by atoms with Crippen molar-refractivity contribution in [1.82, 2.24) is 14.9 Å². The summed E-state index contributed by atoms with van der Waals surface area (Å²) in [6.45, 7) is 14.7. The van der Waals surface area contributed by atoms with Crippen LogP contribution in [-0.2, 0) is 33.3 Å². The van der Waals surface area contributed by atoms with Crippen LogP contribution in [0.4, 0.5) is 10.7 Å². The van der Waals surface area contributed by atoms with Gasteiger partial charge in [-0.1, -0.05) is 52.0 Å². The standard InChI is InChI=1S/C40H60N4O10/c1-9-31(50-8)28(5)36-37(53-36)35(54-39(48)44-22-20-43(21-23-44)38-41-18-11-19-42-38)26(3)13-10-12-25(2)34-27(4)14-15-32(51-29(6)45)40(7,49)17-16-30(46)24-33(47)52-34/h10-15,18-19,26-28,30-32,34-37,46,49H,9,16-17,20-24H2,1-8H3/b13-10+,15-14+,25-12+. The minimum atomic E-state index is -1.46.